The number of ether oxygens (including phenoxy) is 1. The lowest BCUT2D eigenvalue weighted by atomic mass is 10.1. The Hall–Kier alpha value is -2.75. The quantitative estimate of drug-likeness (QED) is 0.734. The van der Waals surface area contributed by atoms with E-state index in [2.05, 4.69) is 10.3 Å². The smallest absolute Gasteiger partial charge is 0.317 e. The molecule has 1 N–H and O–H groups in total. The maximum atomic E-state index is 12.2. The number of piperidine rings is 1. The highest BCUT2D eigenvalue weighted by Gasteiger charge is 2.24. The van der Waals surface area contributed by atoms with E-state index in [0.717, 1.165) is 0 Å². The molecule has 1 fully saturated rings. The second kappa shape index (κ2) is 9.17. The van der Waals surface area contributed by atoms with Crippen LogP contribution in [0.5, 0.6) is 5.88 Å². The zero-order chi connectivity index (χ0) is 20.9. The minimum Gasteiger partial charge on any atom is -0.474 e. The summed E-state index contributed by atoms with van der Waals surface area (Å²) in [6.07, 6.45) is 4.41. The van der Waals surface area contributed by atoms with E-state index in [1.165, 1.54) is 17.5 Å². The van der Waals surface area contributed by atoms with Gasteiger partial charge in [0, 0.05) is 39.0 Å². The predicted molar refractivity (Wildman–Crippen MR) is 108 cm³/mol. The maximum Gasteiger partial charge on any atom is 0.317 e. The average Bonchev–Trinajstić information content (AvgIpc) is 3.26. The van der Waals surface area contributed by atoms with E-state index in [-0.39, 0.29) is 17.9 Å². The number of hydrogen-bond acceptors (Lipinski definition) is 6. The number of rotatable bonds is 7. The van der Waals surface area contributed by atoms with Crippen LogP contribution in [0.2, 0.25) is 0 Å². The summed E-state index contributed by atoms with van der Waals surface area (Å²) in [4.78, 5) is 18.2. The molecule has 2 amide bonds. The molecule has 0 bridgehead atoms. The maximum absolute atomic E-state index is 12.2. The van der Waals surface area contributed by atoms with Gasteiger partial charge in [-0.15, -0.1) is 0 Å². The van der Waals surface area contributed by atoms with Gasteiger partial charge in [0.1, 0.15) is 11.9 Å². The first kappa shape index (κ1) is 21.0. The lowest BCUT2D eigenvalue weighted by Gasteiger charge is -2.31. The number of amides is 2. The van der Waals surface area contributed by atoms with Crippen molar-refractivity contribution in [1.29, 1.82) is 0 Å². The molecular weight excluding hydrogens is 396 g/mol. The van der Waals surface area contributed by atoms with Gasteiger partial charge in [0.2, 0.25) is 15.9 Å². The number of carbonyl (C=O) groups excluding carboxylic acids is 1. The predicted octanol–water partition coefficient (Wildman–Crippen LogP) is 2.21. The number of furan rings is 1. The molecule has 1 aliphatic heterocycles. The van der Waals surface area contributed by atoms with Crippen LogP contribution in [0.4, 0.5) is 10.5 Å². The first-order chi connectivity index (χ1) is 13.9. The van der Waals surface area contributed by atoms with E-state index < -0.39 is 10.0 Å². The number of pyridine rings is 1. The summed E-state index contributed by atoms with van der Waals surface area (Å²) < 4.78 is 36.2. The van der Waals surface area contributed by atoms with Crippen molar-refractivity contribution in [3.05, 3.63) is 42.5 Å². The van der Waals surface area contributed by atoms with Crippen LogP contribution in [0, 0.1) is 0 Å². The van der Waals surface area contributed by atoms with Crippen molar-refractivity contribution in [3.8, 4) is 5.88 Å². The van der Waals surface area contributed by atoms with E-state index in [0.29, 0.717) is 49.8 Å². The molecule has 0 atom stereocenters. The number of nitrogens with one attached hydrogen (secondary N) is 1. The second-order valence-corrected chi connectivity index (χ2v) is 9.05. The highest BCUT2D eigenvalue weighted by atomic mass is 32.2. The van der Waals surface area contributed by atoms with E-state index in [1.54, 1.807) is 36.3 Å². The number of anilines is 1. The molecule has 0 unspecified atom stereocenters. The summed E-state index contributed by atoms with van der Waals surface area (Å²) in [5.74, 6) is 1.18. The lowest BCUT2D eigenvalue weighted by molar-refractivity contribution is 0.107. The number of urea groups is 1. The van der Waals surface area contributed by atoms with Crippen LogP contribution in [0.25, 0.3) is 0 Å². The Bertz CT molecular complexity index is 891. The van der Waals surface area contributed by atoms with Gasteiger partial charge in [-0.25, -0.2) is 18.2 Å². The molecule has 0 saturated carbocycles. The summed E-state index contributed by atoms with van der Waals surface area (Å²) in [7, 11) is -1.82. The fourth-order valence-electron chi connectivity index (χ4n) is 3.02. The van der Waals surface area contributed by atoms with Crippen LogP contribution in [0.15, 0.2) is 41.1 Å². The highest BCUT2D eigenvalue weighted by molar-refractivity contribution is 7.92. The third-order valence-electron chi connectivity index (χ3n) is 4.88. The van der Waals surface area contributed by atoms with Gasteiger partial charge in [0.05, 0.1) is 30.4 Å². The molecule has 158 valence electrons. The first-order valence-corrected chi connectivity index (χ1v) is 11.1. The van der Waals surface area contributed by atoms with Gasteiger partial charge in [-0.3, -0.25) is 4.31 Å². The number of aromatic nitrogens is 1. The molecule has 1 aliphatic rings. The second-order valence-electron chi connectivity index (χ2n) is 6.77. The molecule has 2 aromatic heterocycles. The Balaban J connectivity index is 1.46. The minimum absolute atomic E-state index is 0.0232. The number of carbonyl (C=O) groups is 1. The van der Waals surface area contributed by atoms with Crippen molar-refractivity contribution in [1.82, 2.24) is 15.2 Å². The highest BCUT2D eigenvalue weighted by Crippen LogP contribution is 2.21. The molecule has 9 nitrogen and oxygen atoms in total. The van der Waals surface area contributed by atoms with Crippen LogP contribution >= 0.6 is 0 Å². The van der Waals surface area contributed by atoms with Crippen LogP contribution < -0.4 is 14.4 Å². The zero-order valence-corrected chi connectivity index (χ0v) is 17.4. The zero-order valence-electron chi connectivity index (χ0n) is 16.6. The molecule has 3 rings (SSSR count). The molecule has 1 saturated heterocycles. The molecular formula is C19H26N4O5S. The molecule has 3 heterocycles. The Morgan fingerprint density at radius 1 is 1.34 bits per heavy atom. The van der Waals surface area contributed by atoms with Gasteiger partial charge >= 0.3 is 6.03 Å². The van der Waals surface area contributed by atoms with Crippen LogP contribution in [0.1, 0.15) is 25.5 Å². The first-order valence-electron chi connectivity index (χ1n) is 9.53. The van der Waals surface area contributed by atoms with E-state index in [1.807, 2.05) is 6.07 Å². The average molecular weight is 423 g/mol. The van der Waals surface area contributed by atoms with Gasteiger partial charge in [0.15, 0.2) is 0 Å². The summed E-state index contributed by atoms with van der Waals surface area (Å²) >= 11 is 0. The fraction of sp³-hybridized carbons (Fsp3) is 0.474. The molecule has 29 heavy (non-hydrogen) atoms. The topological polar surface area (TPSA) is 105 Å². The van der Waals surface area contributed by atoms with Gasteiger partial charge in [-0.2, -0.15) is 0 Å². The van der Waals surface area contributed by atoms with Crippen LogP contribution in [-0.4, -0.2) is 56.3 Å². The van der Waals surface area contributed by atoms with Crippen molar-refractivity contribution >= 4 is 21.7 Å². The Morgan fingerprint density at radius 3 is 2.69 bits per heavy atom. The molecule has 0 aromatic carbocycles. The van der Waals surface area contributed by atoms with Crippen LogP contribution in [0.3, 0.4) is 0 Å². The summed E-state index contributed by atoms with van der Waals surface area (Å²) in [6, 6.07) is 6.81. The van der Waals surface area contributed by atoms with Gasteiger partial charge < -0.3 is 19.4 Å². The molecule has 0 radical (unpaired) electrons. The van der Waals surface area contributed by atoms with Crippen molar-refractivity contribution in [3.63, 3.8) is 0 Å². The standard InChI is InChI=1S/C19H26N4O5S/c1-3-29(25,26)22(2)15-6-7-18(20-13-15)28-16-8-10-23(11-9-16)19(24)21-14-17-5-4-12-27-17/h4-7,12-13,16H,3,8-11,14H2,1-2H3,(H,21,24). The Labute approximate surface area is 170 Å². The van der Waals surface area contributed by atoms with Gasteiger partial charge in [-0.1, -0.05) is 0 Å². The largest absolute Gasteiger partial charge is 0.474 e. The van der Waals surface area contributed by atoms with E-state index in [9.17, 15) is 13.2 Å². The third kappa shape index (κ3) is 5.41. The van der Waals surface area contributed by atoms with E-state index in [4.69, 9.17) is 9.15 Å². The van der Waals surface area contributed by atoms with Crippen molar-refractivity contribution in [2.45, 2.75) is 32.4 Å². The van der Waals surface area contributed by atoms with Crippen molar-refractivity contribution in [2.24, 2.45) is 0 Å². The summed E-state index contributed by atoms with van der Waals surface area (Å²) in [6.45, 7) is 3.13. The number of hydrogen-bond donors (Lipinski definition) is 1. The third-order valence-corrected chi connectivity index (χ3v) is 6.65. The number of sulfonamides is 1. The Kier molecular flexibility index (Phi) is 6.63. The monoisotopic (exact) mass is 422 g/mol. The molecule has 10 heteroatoms. The number of likely N-dealkylation sites (tertiary alicyclic amines) is 1. The van der Waals surface area contributed by atoms with Crippen LogP contribution in [-0.2, 0) is 16.6 Å². The minimum atomic E-state index is -3.32. The van der Waals surface area contributed by atoms with Gasteiger partial charge in [-0.05, 0) is 25.1 Å². The van der Waals surface area contributed by atoms with Crippen molar-refractivity contribution < 1.29 is 22.4 Å². The van der Waals surface area contributed by atoms with Crippen molar-refractivity contribution in [2.75, 3.05) is 30.2 Å². The van der Waals surface area contributed by atoms with Gasteiger partial charge in [0.25, 0.3) is 0 Å². The molecule has 2 aromatic rings. The Morgan fingerprint density at radius 2 is 2.10 bits per heavy atom. The normalized spacial score (nSPS) is 15.2. The summed E-state index contributed by atoms with van der Waals surface area (Å²) in [5, 5.41) is 2.84. The van der Waals surface area contributed by atoms with E-state index >= 15 is 0 Å². The lowest BCUT2D eigenvalue weighted by Crippen LogP contribution is -2.46. The summed E-state index contributed by atoms with van der Waals surface area (Å²) in [5.41, 5.74) is 0.488. The number of nitrogens with zero attached hydrogens (tertiary/aromatic N) is 3. The fourth-order valence-corrected chi connectivity index (χ4v) is 3.83. The molecule has 0 aliphatic carbocycles. The SMILES string of the molecule is CCS(=O)(=O)N(C)c1ccc(OC2CCN(C(=O)NCc3ccco3)CC2)nc1. The molecule has 0 spiro atoms.